The topological polar surface area (TPSA) is 34.3 Å². The Kier molecular flexibility index (Phi) is 3.34. The lowest BCUT2D eigenvalue weighted by Crippen LogP contribution is -2.09. The second kappa shape index (κ2) is 4.90. The Labute approximate surface area is 126 Å². The number of halogens is 1. The molecule has 0 amide bonds. The first-order chi connectivity index (χ1) is 9.56. The summed E-state index contributed by atoms with van der Waals surface area (Å²) in [5.41, 5.74) is 4.76. The molecular weight excluding hydrogens is 316 g/mol. The monoisotopic (exact) mass is 334 g/mol. The van der Waals surface area contributed by atoms with E-state index >= 15 is 0 Å². The molecule has 0 aliphatic rings. The van der Waals surface area contributed by atoms with Gasteiger partial charge < -0.3 is 9.88 Å². The van der Waals surface area contributed by atoms with Crippen LogP contribution in [-0.2, 0) is 13.6 Å². The summed E-state index contributed by atoms with van der Waals surface area (Å²) in [6.45, 7) is 5.23. The Balaban J connectivity index is 2.40. The highest BCUT2D eigenvalue weighted by Crippen LogP contribution is 2.30. The molecule has 5 heteroatoms. The number of aryl methyl sites for hydroxylation is 1. The molecule has 2 heterocycles. The fourth-order valence-corrected chi connectivity index (χ4v) is 3.50. The van der Waals surface area contributed by atoms with E-state index in [0.29, 0.717) is 5.92 Å². The lowest BCUT2D eigenvalue weighted by Gasteiger charge is -2.06. The maximum atomic E-state index is 4.87. The van der Waals surface area contributed by atoms with Gasteiger partial charge in [0.2, 0.25) is 5.78 Å². The number of rotatable bonds is 3. The van der Waals surface area contributed by atoms with E-state index in [1.165, 1.54) is 11.3 Å². The molecule has 0 bridgehead atoms. The number of benzene rings is 1. The summed E-state index contributed by atoms with van der Waals surface area (Å²) in [6, 6.07) is 6.42. The van der Waals surface area contributed by atoms with Gasteiger partial charge in [-0.1, -0.05) is 26.0 Å². The zero-order valence-electron chi connectivity index (χ0n) is 12.2. The highest BCUT2D eigenvalue weighted by Gasteiger charge is 2.19. The maximum Gasteiger partial charge on any atom is 0.215 e. The van der Waals surface area contributed by atoms with Crippen molar-refractivity contribution in [2.45, 2.75) is 26.3 Å². The molecule has 1 aromatic carbocycles. The maximum absolute atomic E-state index is 4.87. The average Bonchev–Trinajstić information content (AvgIpc) is 2.90. The zero-order valence-corrected chi connectivity index (χ0v) is 13.8. The summed E-state index contributed by atoms with van der Waals surface area (Å²) < 4.78 is 5.41. The Hall–Kier alpha value is -1.33. The van der Waals surface area contributed by atoms with Crippen LogP contribution in [0.3, 0.4) is 0 Å². The summed E-state index contributed by atoms with van der Waals surface area (Å²) in [5, 5.41) is 3.20. The van der Waals surface area contributed by atoms with E-state index in [0.717, 1.165) is 28.0 Å². The van der Waals surface area contributed by atoms with E-state index in [2.05, 4.69) is 69.3 Å². The van der Waals surface area contributed by atoms with Crippen LogP contribution in [0.5, 0.6) is 0 Å². The van der Waals surface area contributed by atoms with Gasteiger partial charge in [-0.25, -0.2) is 4.98 Å². The van der Waals surface area contributed by atoms with Gasteiger partial charge in [-0.3, -0.25) is 4.40 Å². The van der Waals surface area contributed by atoms with Crippen LogP contribution in [0.4, 0.5) is 0 Å². The Morgan fingerprint density at radius 3 is 2.75 bits per heavy atom. The molecule has 0 atom stereocenters. The van der Waals surface area contributed by atoms with Crippen LogP contribution in [0.15, 0.2) is 22.8 Å². The molecule has 2 aromatic heterocycles. The Morgan fingerprint density at radius 2 is 2.10 bits per heavy atom. The van der Waals surface area contributed by atoms with Gasteiger partial charge >= 0.3 is 0 Å². The van der Waals surface area contributed by atoms with E-state index in [-0.39, 0.29) is 0 Å². The van der Waals surface area contributed by atoms with Crippen LogP contribution in [-0.4, -0.2) is 21.0 Å². The number of nitrogens with one attached hydrogen (secondary N) is 1. The third-order valence-electron chi connectivity index (χ3n) is 3.80. The summed E-state index contributed by atoms with van der Waals surface area (Å²) in [6.07, 6.45) is 0. The smallest absolute Gasteiger partial charge is 0.215 e. The van der Waals surface area contributed by atoms with Crippen LogP contribution >= 0.6 is 15.9 Å². The lowest BCUT2D eigenvalue weighted by molar-refractivity contribution is 0.738. The minimum absolute atomic E-state index is 0.471. The number of hydrogen-bond acceptors (Lipinski definition) is 2. The van der Waals surface area contributed by atoms with Crippen molar-refractivity contribution < 1.29 is 0 Å². The van der Waals surface area contributed by atoms with Crippen molar-refractivity contribution in [3.63, 3.8) is 0 Å². The average molecular weight is 335 g/mol. The van der Waals surface area contributed by atoms with Gasteiger partial charge in [0.05, 0.1) is 16.7 Å². The molecular formula is C15H19BrN4. The molecule has 3 aromatic rings. The first-order valence-electron chi connectivity index (χ1n) is 6.85. The number of hydrogen-bond donors (Lipinski definition) is 1. The third kappa shape index (κ3) is 1.80. The molecule has 0 aliphatic carbocycles. The fraction of sp³-hybridized carbons (Fsp3) is 0.400. The SMILES string of the molecule is CNCc1c(Br)n2c3cccc(C(C)C)c3nc2n1C. The van der Waals surface area contributed by atoms with Gasteiger partial charge in [0.1, 0.15) is 4.60 Å². The summed E-state index contributed by atoms with van der Waals surface area (Å²) >= 11 is 3.73. The largest absolute Gasteiger partial charge is 0.315 e. The highest BCUT2D eigenvalue weighted by atomic mass is 79.9. The molecule has 4 nitrogen and oxygen atoms in total. The molecule has 20 heavy (non-hydrogen) atoms. The minimum atomic E-state index is 0.471. The number of para-hydroxylation sites is 1. The van der Waals surface area contributed by atoms with E-state index < -0.39 is 0 Å². The quantitative estimate of drug-likeness (QED) is 0.796. The number of imidazole rings is 2. The van der Waals surface area contributed by atoms with Crippen molar-refractivity contribution in [3.05, 3.63) is 34.1 Å². The second-order valence-electron chi connectivity index (χ2n) is 5.44. The van der Waals surface area contributed by atoms with Crippen LogP contribution in [0.1, 0.15) is 31.0 Å². The van der Waals surface area contributed by atoms with Crippen LogP contribution in [0, 0.1) is 0 Å². The van der Waals surface area contributed by atoms with E-state index in [4.69, 9.17) is 4.98 Å². The Bertz CT molecular complexity index is 782. The van der Waals surface area contributed by atoms with Crippen molar-refractivity contribution in [1.82, 2.24) is 19.3 Å². The lowest BCUT2D eigenvalue weighted by atomic mass is 10.0. The first-order valence-corrected chi connectivity index (χ1v) is 7.64. The molecule has 0 radical (unpaired) electrons. The summed E-state index contributed by atoms with van der Waals surface area (Å²) in [4.78, 5) is 4.87. The summed E-state index contributed by atoms with van der Waals surface area (Å²) in [5.74, 6) is 1.45. The normalized spacial score (nSPS) is 12.1. The number of nitrogens with zero attached hydrogens (tertiary/aromatic N) is 3. The Morgan fingerprint density at radius 1 is 1.35 bits per heavy atom. The molecule has 0 saturated heterocycles. The molecule has 0 unspecified atom stereocenters. The van der Waals surface area contributed by atoms with Gasteiger partial charge in [0.15, 0.2) is 0 Å². The van der Waals surface area contributed by atoms with E-state index in [9.17, 15) is 0 Å². The minimum Gasteiger partial charge on any atom is -0.315 e. The van der Waals surface area contributed by atoms with Gasteiger partial charge in [-0.05, 0) is 40.5 Å². The van der Waals surface area contributed by atoms with Crippen molar-refractivity contribution in [3.8, 4) is 0 Å². The van der Waals surface area contributed by atoms with Gasteiger partial charge in [-0.15, -0.1) is 0 Å². The van der Waals surface area contributed by atoms with Crippen LogP contribution in [0.25, 0.3) is 16.8 Å². The fourth-order valence-electron chi connectivity index (χ4n) is 2.74. The van der Waals surface area contributed by atoms with Gasteiger partial charge in [0.25, 0.3) is 0 Å². The van der Waals surface area contributed by atoms with Crippen molar-refractivity contribution >= 4 is 32.7 Å². The van der Waals surface area contributed by atoms with Crippen molar-refractivity contribution in [2.24, 2.45) is 7.05 Å². The van der Waals surface area contributed by atoms with Crippen LogP contribution < -0.4 is 5.32 Å². The molecule has 0 spiro atoms. The van der Waals surface area contributed by atoms with Crippen molar-refractivity contribution in [1.29, 1.82) is 0 Å². The predicted octanol–water partition coefficient (Wildman–Crippen LogP) is 3.43. The van der Waals surface area contributed by atoms with Gasteiger partial charge in [-0.2, -0.15) is 0 Å². The van der Waals surface area contributed by atoms with E-state index in [1.807, 2.05) is 7.05 Å². The molecule has 0 saturated carbocycles. The van der Waals surface area contributed by atoms with Gasteiger partial charge in [0, 0.05) is 13.6 Å². The number of aromatic nitrogens is 3. The molecule has 0 fully saturated rings. The zero-order chi connectivity index (χ0) is 14.4. The van der Waals surface area contributed by atoms with Crippen molar-refractivity contribution in [2.75, 3.05) is 7.05 Å². The summed E-state index contributed by atoms with van der Waals surface area (Å²) in [7, 11) is 4.02. The van der Waals surface area contributed by atoms with Crippen LogP contribution in [0.2, 0.25) is 0 Å². The third-order valence-corrected chi connectivity index (χ3v) is 4.62. The van der Waals surface area contributed by atoms with E-state index in [1.54, 1.807) is 0 Å². The molecule has 3 rings (SSSR count). The molecule has 1 N–H and O–H groups in total. The molecule has 106 valence electrons. The second-order valence-corrected chi connectivity index (χ2v) is 6.19. The predicted molar refractivity (Wildman–Crippen MR) is 86.2 cm³/mol. The first kappa shape index (κ1) is 13.6. The number of fused-ring (bicyclic) bond motifs is 3. The standard InChI is InChI=1S/C15H19BrN4/c1-9(2)10-6-5-7-11-13(10)18-15-19(4)12(8-17-3)14(16)20(11)15/h5-7,9,17H,8H2,1-4H3. The molecule has 0 aliphatic heterocycles. The highest BCUT2D eigenvalue weighted by molar-refractivity contribution is 9.10.